The number of amides is 1. The first-order valence-corrected chi connectivity index (χ1v) is 10.7. The number of aryl methyl sites for hydroxylation is 2. The molecule has 3 aromatic carbocycles. The topological polar surface area (TPSA) is 54.5 Å². The van der Waals surface area contributed by atoms with Gasteiger partial charge in [-0.3, -0.25) is 4.79 Å². The van der Waals surface area contributed by atoms with Gasteiger partial charge >= 0.3 is 0 Å². The number of hydrogen-bond acceptors (Lipinski definition) is 3. The third-order valence-electron chi connectivity index (χ3n) is 4.77. The molecule has 3 rings (SSSR count). The van der Waals surface area contributed by atoms with Crippen LogP contribution in [-0.4, -0.2) is 14.3 Å². The van der Waals surface area contributed by atoms with Crippen LogP contribution in [0.4, 0.5) is 5.69 Å². The summed E-state index contributed by atoms with van der Waals surface area (Å²) in [6.45, 7) is 5.59. The van der Waals surface area contributed by atoms with Gasteiger partial charge in [-0.2, -0.15) is 4.31 Å². The Labute approximate surface area is 172 Å². The highest BCUT2D eigenvalue weighted by atomic mass is 32.2. The summed E-state index contributed by atoms with van der Waals surface area (Å²) in [4.78, 5) is 13.2. The Bertz CT molecular complexity index is 1150. The molecular formula is C24H23NO3S. The van der Waals surface area contributed by atoms with Crippen molar-refractivity contribution in [1.29, 1.82) is 0 Å². The van der Waals surface area contributed by atoms with E-state index in [4.69, 9.17) is 0 Å². The molecule has 0 heterocycles. The number of sulfonamides is 1. The molecule has 0 N–H and O–H groups in total. The van der Waals surface area contributed by atoms with E-state index in [1.165, 1.54) is 18.2 Å². The molecule has 0 aliphatic carbocycles. The second kappa shape index (κ2) is 8.45. The van der Waals surface area contributed by atoms with Gasteiger partial charge < -0.3 is 0 Å². The number of rotatable bonds is 5. The number of carbonyl (C=O) groups is 1. The summed E-state index contributed by atoms with van der Waals surface area (Å²) >= 11 is 0. The zero-order valence-electron chi connectivity index (χ0n) is 16.7. The van der Waals surface area contributed by atoms with E-state index in [1.807, 2.05) is 57.2 Å². The Balaban J connectivity index is 2.11. The summed E-state index contributed by atoms with van der Waals surface area (Å²) in [7, 11) is -4.08. The van der Waals surface area contributed by atoms with Crippen LogP contribution in [0.3, 0.4) is 0 Å². The lowest BCUT2D eigenvalue weighted by Gasteiger charge is -2.24. The number of hydrogen-bond donors (Lipinski definition) is 0. The van der Waals surface area contributed by atoms with Gasteiger partial charge in [0.05, 0.1) is 10.6 Å². The van der Waals surface area contributed by atoms with Crippen molar-refractivity contribution < 1.29 is 13.2 Å². The van der Waals surface area contributed by atoms with Crippen molar-refractivity contribution in [3.05, 3.63) is 101 Å². The zero-order chi connectivity index (χ0) is 21.0. The molecule has 0 aliphatic rings. The summed E-state index contributed by atoms with van der Waals surface area (Å²) in [6.07, 6.45) is 2.91. The average Bonchev–Trinajstić information content (AvgIpc) is 2.71. The van der Waals surface area contributed by atoms with Crippen LogP contribution < -0.4 is 4.31 Å². The predicted octanol–water partition coefficient (Wildman–Crippen LogP) is 5.05. The molecule has 1 amide bonds. The van der Waals surface area contributed by atoms with Crippen molar-refractivity contribution in [2.45, 2.75) is 25.7 Å². The molecule has 29 heavy (non-hydrogen) atoms. The molecule has 0 unspecified atom stereocenters. The summed E-state index contributed by atoms with van der Waals surface area (Å²) in [5, 5.41) is 0. The third kappa shape index (κ3) is 4.46. The van der Waals surface area contributed by atoms with Gasteiger partial charge in [0.1, 0.15) is 0 Å². The first-order chi connectivity index (χ1) is 13.8. The summed E-state index contributed by atoms with van der Waals surface area (Å²) in [5.74, 6) is -0.622. The summed E-state index contributed by atoms with van der Waals surface area (Å²) in [5.41, 5.74) is 3.76. The highest BCUT2D eigenvalue weighted by molar-refractivity contribution is 7.93. The molecule has 0 aromatic heterocycles. The number of carbonyl (C=O) groups excluding carboxylic acids is 1. The number of benzene rings is 3. The van der Waals surface area contributed by atoms with E-state index in [-0.39, 0.29) is 4.90 Å². The van der Waals surface area contributed by atoms with Crippen molar-refractivity contribution in [2.24, 2.45) is 0 Å². The van der Waals surface area contributed by atoms with Crippen LogP contribution in [0.2, 0.25) is 0 Å². The van der Waals surface area contributed by atoms with Crippen LogP contribution in [0.5, 0.6) is 0 Å². The van der Waals surface area contributed by atoms with E-state index in [0.717, 1.165) is 26.6 Å². The molecule has 0 saturated carbocycles. The van der Waals surface area contributed by atoms with Gasteiger partial charge in [-0.25, -0.2) is 8.42 Å². The first-order valence-electron chi connectivity index (χ1n) is 9.26. The lowest BCUT2D eigenvalue weighted by atomic mass is 10.1. The molecule has 5 heteroatoms. The Morgan fingerprint density at radius 1 is 0.828 bits per heavy atom. The Hall–Kier alpha value is -3.18. The van der Waals surface area contributed by atoms with Crippen molar-refractivity contribution in [1.82, 2.24) is 0 Å². The molecule has 0 fully saturated rings. The SMILES string of the molecule is Cc1ccc(S(=O)(=O)N(C(=O)/C=C/c2ccccc2)c2cccc(C)c2C)cc1. The normalized spacial score (nSPS) is 11.6. The van der Waals surface area contributed by atoms with Gasteiger partial charge in [-0.1, -0.05) is 60.2 Å². The number of anilines is 1. The summed E-state index contributed by atoms with van der Waals surface area (Å²) in [6, 6.07) is 21.1. The van der Waals surface area contributed by atoms with Gasteiger partial charge in [-0.15, -0.1) is 0 Å². The van der Waals surface area contributed by atoms with Crippen molar-refractivity contribution in [2.75, 3.05) is 4.31 Å². The second-order valence-electron chi connectivity index (χ2n) is 6.88. The maximum absolute atomic E-state index is 13.4. The lowest BCUT2D eigenvalue weighted by Crippen LogP contribution is -2.36. The van der Waals surface area contributed by atoms with Crippen molar-refractivity contribution >= 4 is 27.7 Å². The monoisotopic (exact) mass is 405 g/mol. The molecule has 0 bridgehead atoms. The van der Waals surface area contributed by atoms with E-state index in [1.54, 1.807) is 30.3 Å². The van der Waals surface area contributed by atoms with Gasteiger partial charge in [0.2, 0.25) is 0 Å². The third-order valence-corrected chi connectivity index (χ3v) is 6.50. The quantitative estimate of drug-likeness (QED) is 0.558. The van der Waals surface area contributed by atoms with Gasteiger partial charge in [0.25, 0.3) is 15.9 Å². The van der Waals surface area contributed by atoms with E-state index in [0.29, 0.717) is 5.69 Å². The lowest BCUT2D eigenvalue weighted by molar-refractivity contribution is -0.113. The number of nitrogens with zero attached hydrogens (tertiary/aromatic N) is 1. The Morgan fingerprint density at radius 3 is 2.14 bits per heavy atom. The average molecular weight is 406 g/mol. The van der Waals surface area contributed by atoms with E-state index < -0.39 is 15.9 Å². The smallest absolute Gasteiger partial charge is 0.268 e. The van der Waals surface area contributed by atoms with E-state index in [9.17, 15) is 13.2 Å². The highest BCUT2D eigenvalue weighted by Crippen LogP contribution is 2.29. The Kier molecular flexibility index (Phi) is 5.99. The molecular weight excluding hydrogens is 382 g/mol. The van der Waals surface area contributed by atoms with Crippen LogP contribution in [-0.2, 0) is 14.8 Å². The fourth-order valence-corrected chi connectivity index (χ4v) is 4.38. The van der Waals surface area contributed by atoms with E-state index >= 15 is 0 Å². The molecule has 0 saturated heterocycles. The van der Waals surface area contributed by atoms with Gasteiger partial charge in [-0.05, 0) is 61.7 Å². The van der Waals surface area contributed by atoms with Crippen LogP contribution in [0, 0.1) is 20.8 Å². The Morgan fingerprint density at radius 2 is 1.48 bits per heavy atom. The molecule has 4 nitrogen and oxygen atoms in total. The van der Waals surface area contributed by atoms with Gasteiger partial charge in [0.15, 0.2) is 0 Å². The van der Waals surface area contributed by atoms with Crippen LogP contribution >= 0.6 is 0 Å². The minimum Gasteiger partial charge on any atom is -0.268 e. The molecule has 148 valence electrons. The fourth-order valence-electron chi connectivity index (χ4n) is 2.94. The standard InChI is InChI=1S/C24H23NO3S/c1-18-12-15-22(16-13-18)29(27,28)25(23-11-7-8-19(2)20(23)3)24(26)17-14-21-9-5-4-6-10-21/h4-17H,1-3H3/b17-14+. The molecule has 3 aromatic rings. The predicted molar refractivity (Wildman–Crippen MR) is 117 cm³/mol. The minimum absolute atomic E-state index is 0.0745. The van der Waals surface area contributed by atoms with Crippen LogP contribution in [0.1, 0.15) is 22.3 Å². The summed E-state index contributed by atoms with van der Waals surface area (Å²) < 4.78 is 27.8. The van der Waals surface area contributed by atoms with Crippen LogP contribution in [0.15, 0.2) is 83.8 Å². The highest BCUT2D eigenvalue weighted by Gasteiger charge is 2.31. The molecule has 0 aliphatic heterocycles. The first kappa shape index (κ1) is 20.6. The second-order valence-corrected chi connectivity index (χ2v) is 8.67. The molecule has 0 radical (unpaired) electrons. The largest absolute Gasteiger partial charge is 0.271 e. The van der Waals surface area contributed by atoms with E-state index in [2.05, 4.69) is 0 Å². The maximum atomic E-state index is 13.4. The van der Waals surface area contributed by atoms with Crippen molar-refractivity contribution in [3.63, 3.8) is 0 Å². The van der Waals surface area contributed by atoms with Crippen molar-refractivity contribution in [3.8, 4) is 0 Å². The fraction of sp³-hybridized carbons (Fsp3) is 0.125. The maximum Gasteiger partial charge on any atom is 0.271 e. The van der Waals surface area contributed by atoms with Gasteiger partial charge in [0, 0.05) is 6.08 Å². The minimum atomic E-state index is -4.08. The molecule has 0 atom stereocenters. The zero-order valence-corrected chi connectivity index (χ0v) is 17.5. The van der Waals surface area contributed by atoms with Crippen LogP contribution in [0.25, 0.3) is 6.08 Å². The molecule has 0 spiro atoms.